The van der Waals surface area contributed by atoms with E-state index in [9.17, 15) is 14.7 Å². The van der Waals surface area contributed by atoms with Gasteiger partial charge in [-0.3, -0.25) is 0 Å². The average molecular weight is 289 g/mol. The monoisotopic (exact) mass is 289 g/mol. The largest absolute Gasteiger partial charge is 0.478 e. The van der Waals surface area contributed by atoms with E-state index in [-0.39, 0.29) is 23.3 Å². The maximum absolute atomic E-state index is 12.4. The number of piperidine rings is 1. The molecule has 21 heavy (non-hydrogen) atoms. The molecule has 0 spiro atoms. The third kappa shape index (κ3) is 2.11. The number of carboxylic acids is 1. The molecule has 2 heterocycles. The van der Waals surface area contributed by atoms with E-state index < -0.39 is 5.97 Å². The molecule has 1 aliphatic rings. The SMILES string of the molecule is CC1CCCC(C)N1n1c(=O)[nH]c2c(C(=O)O)cccc21. The van der Waals surface area contributed by atoms with Crippen molar-refractivity contribution >= 4 is 17.0 Å². The van der Waals surface area contributed by atoms with E-state index in [1.807, 2.05) is 0 Å². The summed E-state index contributed by atoms with van der Waals surface area (Å²) in [4.78, 5) is 26.4. The first kappa shape index (κ1) is 13.7. The number of imidazole rings is 1. The molecule has 1 aromatic heterocycles. The van der Waals surface area contributed by atoms with Crippen molar-refractivity contribution in [3.05, 3.63) is 34.2 Å². The summed E-state index contributed by atoms with van der Waals surface area (Å²) in [6.45, 7) is 4.20. The summed E-state index contributed by atoms with van der Waals surface area (Å²) in [7, 11) is 0. The van der Waals surface area contributed by atoms with Gasteiger partial charge in [0, 0.05) is 12.1 Å². The quantitative estimate of drug-likeness (QED) is 0.885. The Labute approximate surface area is 122 Å². The van der Waals surface area contributed by atoms with E-state index in [1.54, 1.807) is 16.8 Å². The van der Waals surface area contributed by atoms with Crippen LogP contribution in [0.4, 0.5) is 0 Å². The number of aromatic amines is 1. The van der Waals surface area contributed by atoms with Crippen LogP contribution in [0, 0.1) is 0 Å². The van der Waals surface area contributed by atoms with Crippen molar-refractivity contribution in [3.8, 4) is 0 Å². The maximum Gasteiger partial charge on any atom is 0.345 e. The molecule has 0 saturated carbocycles. The fourth-order valence-electron chi connectivity index (χ4n) is 3.33. The molecule has 6 heteroatoms. The number of carboxylic acid groups (broad SMARTS) is 1. The number of H-pyrrole nitrogens is 1. The Kier molecular flexibility index (Phi) is 3.23. The van der Waals surface area contributed by atoms with Gasteiger partial charge >= 0.3 is 11.7 Å². The minimum atomic E-state index is -1.03. The normalized spacial score (nSPS) is 22.7. The number of nitrogens with one attached hydrogen (secondary N) is 1. The van der Waals surface area contributed by atoms with Crippen LogP contribution in [-0.2, 0) is 0 Å². The van der Waals surface area contributed by atoms with Gasteiger partial charge in [-0.1, -0.05) is 6.07 Å². The molecule has 0 bridgehead atoms. The van der Waals surface area contributed by atoms with Crippen molar-refractivity contribution < 1.29 is 9.90 Å². The minimum absolute atomic E-state index is 0.126. The number of carbonyl (C=O) groups is 1. The van der Waals surface area contributed by atoms with Gasteiger partial charge in [-0.15, -0.1) is 0 Å². The fourth-order valence-corrected chi connectivity index (χ4v) is 3.33. The third-order valence-electron chi connectivity index (χ3n) is 4.30. The Balaban J connectivity index is 2.23. The van der Waals surface area contributed by atoms with Gasteiger partial charge in [-0.05, 0) is 45.2 Å². The van der Waals surface area contributed by atoms with Gasteiger partial charge in [-0.25, -0.2) is 14.3 Å². The lowest BCUT2D eigenvalue weighted by atomic mass is 10.00. The van der Waals surface area contributed by atoms with Gasteiger partial charge in [0.15, 0.2) is 0 Å². The molecule has 1 aliphatic heterocycles. The van der Waals surface area contributed by atoms with Gasteiger partial charge in [0.25, 0.3) is 0 Å². The predicted octanol–water partition coefficient (Wildman–Crippen LogP) is 1.93. The summed E-state index contributed by atoms with van der Waals surface area (Å²) >= 11 is 0. The minimum Gasteiger partial charge on any atom is -0.478 e. The average Bonchev–Trinajstić information content (AvgIpc) is 2.75. The lowest BCUT2D eigenvalue weighted by Gasteiger charge is -2.40. The highest BCUT2D eigenvalue weighted by Crippen LogP contribution is 2.24. The summed E-state index contributed by atoms with van der Waals surface area (Å²) in [5.41, 5.74) is 0.862. The van der Waals surface area contributed by atoms with Crippen LogP contribution in [0.5, 0.6) is 0 Å². The van der Waals surface area contributed by atoms with Crippen molar-refractivity contribution in [2.75, 3.05) is 5.01 Å². The topological polar surface area (TPSA) is 78.3 Å². The van der Waals surface area contributed by atoms with Crippen molar-refractivity contribution in [1.82, 2.24) is 9.66 Å². The van der Waals surface area contributed by atoms with Gasteiger partial charge < -0.3 is 15.1 Å². The van der Waals surface area contributed by atoms with Gasteiger partial charge in [0.2, 0.25) is 0 Å². The molecule has 1 fully saturated rings. The van der Waals surface area contributed by atoms with E-state index >= 15 is 0 Å². The van der Waals surface area contributed by atoms with Crippen molar-refractivity contribution in [3.63, 3.8) is 0 Å². The standard InChI is InChI=1S/C15H19N3O3/c1-9-5-3-6-10(2)17(9)18-12-8-4-7-11(14(19)20)13(12)16-15(18)21/h4,7-10H,3,5-6H2,1-2H3,(H,16,21)(H,19,20). The molecular formula is C15H19N3O3. The highest BCUT2D eigenvalue weighted by Gasteiger charge is 2.28. The first-order valence-electron chi connectivity index (χ1n) is 7.26. The molecule has 6 nitrogen and oxygen atoms in total. The molecular weight excluding hydrogens is 270 g/mol. The number of aromatic carboxylic acids is 1. The number of rotatable bonds is 2. The van der Waals surface area contributed by atoms with Crippen LogP contribution in [-0.4, -0.2) is 32.8 Å². The number of hydrogen-bond donors (Lipinski definition) is 2. The van der Waals surface area contributed by atoms with Gasteiger partial charge in [-0.2, -0.15) is 0 Å². The first-order chi connectivity index (χ1) is 10.0. The highest BCUT2D eigenvalue weighted by atomic mass is 16.4. The smallest absolute Gasteiger partial charge is 0.345 e. The van der Waals surface area contributed by atoms with Gasteiger partial charge in [0.05, 0.1) is 16.6 Å². The van der Waals surface area contributed by atoms with Crippen molar-refractivity contribution in [2.24, 2.45) is 0 Å². The number of benzene rings is 1. The Bertz CT molecular complexity index is 736. The van der Waals surface area contributed by atoms with Crippen molar-refractivity contribution in [2.45, 2.75) is 45.2 Å². The molecule has 2 aromatic rings. The number of fused-ring (bicyclic) bond motifs is 1. The van der Waals surface area contributed by atoms with Crippen LogP contribution in [0.25, 0.3) is 11.0 Å². The molecule has 1 aromatic carbocycles. The lowest BCUT2D eigenvalue weighted by Crippen LogP contribution is -2.54. The second-order valence-electron chi connectivity index (χ2n) is 5.76. The molecule has 0 amide bonds. The summed E-state index contributed by atoms with van der Waals surface area (Å²) in [5, 5.41) is 11.3. The Morgan fingerprint density at radius 1 is 1.29 bits per heavy atom. The number of hydrogen-bond acceptors (Lipinski definition) is 3. The van der Waals surface area contributed by atoms with E-state index in [0.29, 0.717) is 11.0 Å². The summed E-state index contributed by atoms with van der Waals surface area (Å²) in [5.74, 6) is -1.03. The lowest BCUT2D eigenvalue weighted by molar-refractivity contribution is 0.0699. The second kappa shape index (κ2) is 4.95. The molecule has 0 aliphatic carbocycles. The molecule has 112 valence electrons. The number of para-hydroxylation sites is 1. The Morgan fingerprint density at radius 3 is 2.57 bits per heavy atom. The van der Waals surface area contributed by atoms with Crippen molar-refractivity contribution in [1.29, 1.82) is 0 Å². The molecule has 2 unspecified atom stereocenters. The summed E-state index contributed by atoms with van der Waals surface area (Å²) in [6.07, 6.45) is 3.21. The predicted molar refractivity (Wildman–Crippen MR) is 80.5 cm³/mol. The first-order valence-corrected chi connectivity index (χ1v) is 7.26. The van der Waals surface area contributed by atoms with Crippen LogP contribution in [0.15, 0.2) is 23.0 Å². The molecule has 1 saturated heterocycles. The second-order valence-corrected chi connectivity index (χ2v) is 5.76. The Hall–Kier alpha value is -2.24. The van der Waals surface area contributed by atoms with Gasteiger partial charge in [0.1, 0.15) is 0 Å². The molecule has 3 rings (SSSR count). The third-order valence-corrected chi connectivity index (χ3v) is 4.30. The van der Waals surface area contributed by atoms with E-state index in [1.165, 1.54) is 6.07 Å². The fraction of sp³-hybridized carbons (Fsp3) is 0.467. The summed E-state index contributed by atoms with van der Waals surface area (Å²) in [6, 6.07) is 5.47. The van der Waals surface area contributed by atoms with Crippen LogP contribution >= 0.6 is 0 Å². The van der Waals surface area contributed by atoms with Crippen LogP contribution in [0.3, 0.4) is 0 Å². The number of nitrogens with zero attached hydrogens (tertiary/aromatic N) is 2. The molecule has 2 atom stereocenters. The summed E-state index contributed by atoms with van der Waals surface area (Å²) < 4.78 is 1.61. The number of aromatic nitrogens is 2. The molecule has 0 radical (unpaired) electrons. The maximum atomic E-state index is 12.4. The van der Waals surface area contributed by atoms with E-state index in [4.69, 9.17) is 0 Å². The van der Waals surface area contributed by atoms with E-state index in [2.05, 4.69) is 23.8 Å². The highest BCUT2D eigenvalue weighted by molar-refractivity contribution is 6.00. The zero-order valence-corrected chi connectivity index (χ0v) is 12.2. The van der Waals surface area contributed by atoms with Crippen LogP contribution in [0.1, 0.15) is 43.5 Å². The Morgan fingerprint density at radius 2 is 1.95 bits per heavy atom. The van der Waals surface area contributed by atoms with E-state index in [0.717, 1.165) is 19.3 Å². The molecule has 2 N–H and O–H groups in total. The zero-order valence-electron chi connectivity index (χ0n) is 12.2. The zero-order chi connectivity index (χ0) is 15.1. The van der Waals surface area contributed by atoms with Crippen LogP contribution in [0.2, 0.25) is 0 Å². The van der Waals surface area contributed by atoms with Crippen LogP contribution < -0.4 is 10.7 Å².